The summed E-state index contributed by atoms with van der Waals surface area (Å²) in [5.41, 5.74) is 5.98. The predicted molar refractivity (Wildman–Crippen MR) is 83.5 cm³/mol. The van der Waals surface area contributed by atoms with Crippen molar-refractivity contribution in [1.29, 1.82) is 0 Å². The summed E-state index contributed by atoms with van der Waals surface area (Å²) < 4.78 is 15.4. The van der Waals surface area contributed by atoms with E-state index in [1.165, 1.54) is 7.11 Å². The van der Waals surface area contributed by atoms with Crippen LogP contribution < -0.4 is 20.5 Å². The van der Waals surface area contributed by atoms with Gasteiger partial charge in [-0.2, -0.15) is 0 Å². The standard InChI is InChI=1S/C13H19ClN2O4.ClH/c1-18-4-3-16-7-9-5-10(14)13(11(6-9)19-2)20-8-12(15)17;/h5-6,16H,3-4,7-8H2,1-2H3,(H2,15,17);1H. The maximum atomic E-state index is 10.7. The predicted octanol–water partition coefficient (Wildman–Crippen LogP) is 1.37. The Bertz CT molecular complexity index is 458. The molecule has 0 fully saturated rings. The summed E-state index contributed by atoms with van der Waals surface area (Å²) in [5.74, 6) is 0.198. The van der Waals surface area contributed by atoms with Crippen LogP contribution in [0, 0.1) is 0 Å². The van der Waals surface area contributed by atoms with E-state index in [-0.39, 0.29) is 19.0 Å². The van der Waals surface area contributed by atoms with Gasteiger partial charge in [0, 0.05) is 20.2 Å². The van der Waals surface area contributed by atoms with Gasteiger partial charge in [-0.05, 0) is 17.7 Å². The van der Waals surface area contributed by atoms with Gasteiger partial charge in [-0.15, -0.1) is 12.4 Å². The monoisotopic (exact) mass is 338 g/mol. The van der Waals surface area contributed by atoms with Crippen LogP contribution in [0.15, 0.2) is 12.1 Å². The van der Waals surface area contributed by atoms with Gasteiger partial charge in [-0.3, -0.25) is 4.79 Å². The summed E-state index contributed by atoms with van der Waals surface area (Å²) in [7, 11) is 3.15. The number of nitrogens with two attached hydrogens (primary N) is 1. The maximum absolute atomic E-state index is 10.7. The number of nitrogens with one attached hydrogen (secondary N) is 1. The molecular weight excluding hydrogens is 319 g/mol. The lowest BCUT2D eigenvalue weighted by Gasteiger charge is -2.13. The van der Waals surface area contributed by atoms with Crippen LogP contribution in [0.2, 0.25) is 5.02 Å². The van der Waals surface area contributed by atoms with Crippen molar-refractivity contribution in [2.24, 2.45) is 5.73 Å². The van der Waals surface area contributed by atoms with Crippen molar-refractivity contribution in [3.8, 4) is 11.5 Å². The highest BCUT2D eigenvalue weighted by Crippen LogP contribution is 2.36. The average molecular weight is 339 g/mol. The molecule has 0 aromatic heterocycles. The first kappa shape index (κ1) is 19.8. The number of primary amides is 1. The minimum atomic E-state index is -0.576. The molecule has 21 heavy (non-hydrogen) atoms. The van der Waals surface area contributed by atoms with E-state index in [1.54, 1.807) is 19.2 Å². The number of benzene rings is 1. The highest BCUT2D eigenvalue weighted by Gasteiger charge is 2.12. The molecule has 3 N–H and O–H groups in total. The molecule has 0 bridgehead atoms. The topological polar surface area (TPSA) is 82.8 Å². The van der Waals surface area contributed by atoms with E-state index in [1.807, 2.05) is 0 Å². The van der Waals surface area contributed by atoms with Crippen LogP contribution in [0.3, 0.4) is 0 Å². The van der Waals surface area contributed by atoms with Gasteiger partial charge < -0.3 is 25.3 Å². The van der Waals surface area contributed by atoms with Crippen molar-refractivity contribution >= 4 is 29.9 Å². The summed E-state index contributed by atoms with van der Waals surface area (Å²) in [4.78, 5) is 10.7. The maximum Gasteiger partial charge on any atom is 0.255 e. The quantitative estimate of drug-likeness (QED) is 0.664. The van der Waals surface area contributed by atoms with Crippen molar-refractivity contribution < 1.29 is 19.0 Å². The minimum absolute atomic E-state index is 0. The first-order chi connectivity index (χ1) is 9.58. The van der Waals surface area contributed by atoms with Gasteiger partial charge in [0.15, 0.2) is 18.1 Å². The second-order valence-corrected chi connectivity index (χ2v) is 4.44. The zero-order valence-electron chi connectivity index (χ0n) is 12.0. The molecule has 0 aliphatic carbocycles. The number of amides is 1. The van der Waals surface area contributed by atoms with Gasteiger partial charge in [0.1, 0.15) is 0 Å². The fraction of sp³-hybridized carbons (Fsp3) is 0.462. The largest absolute Gasteiger partial charge is 0.493 e. The molecule has 0 spiro atoms. The lowest BCUT2D eigenvalue weighted by atomic mass is 10.2. The zero-order chi connectivity index (χ0) is 15.0. The molecule has 0 aliphatic heterocycles. The second kappa shape index (κ2) is 10.5. The van der Waals surface area contributed by atoms with Crippen LogP contribution in [0.1, 0.15) is 5.56 Å². The number of ether oxygens (including phenoxy) is 3. The molecule has 1 aromatic rings. The molecule has 0 saturated carbocycles. The van der Waals surface area contributed by atoms with Gasteiger partial charge in [-0.25, -0.2) is 0 Å². The Labute approximate surface area is 135 Å². The molecule has 1 aromatic carbocycles. The first-order valence-corrected chi connectivity index (χ1v) is 6.43. The van der Waals surface area contributed by atoms with E-state index in [0.29, 0.717) is 29.7 Å². The van der Waals surface area contributed by atoms with E-state index in [4.69, 9.17) is 31.5 Å². The smallest absolute Gasteiger partial charge is 0.255 e. The Morgan fingerprint density at radius 2 is 2.10 bits per heavy atom. The molecular formula is C13H20Cl2N2O4. The Morgan fingerprint density at radius 1 is 1.38 bits per heavy atom. The number of rotatable bonds is 9. The van der Waals surface area contributed by atoms with E-state index in [0.717, 1.165) is 12.1 Å². The molecule has 0 saturated heterocycles. The summed E-state index contributed by atoms with van der Waals surface area (Å²) >= 11 is 6.13. The molecule has 0 atom stereocenters. The lowest BCUT2D eigenvalue weighted by molar-refractivity contribution is -0.119. The van der Waals surface area contributed by atoms with Gasteiger partial charge in [0.25, 0.3) is 5.91 Å². The van der Waals surface area contributed by atoms with Gasteiger partial charge in [-0.1, -0.05) is 11.6 Å². The Morgan fingerprint density at radius 3 is 2.67 bits per heavy atom. The number of carbonyl (C=O) groups is 1. The molecule has 0 heterocycles. The van der Waals surface area contributed by atoms with Crippen molar-refractivity contribution in [2.45, 2.75) is 6.54 Å². The van der Waals surface area contributed by atoms with E-state index in [2.05, 4.69) is 5.32 Å². The van der Waals surface area contributed by atoms with Crippen LogP contribution in [0.5, 0.6) is 11.5 Å². The third-order valence-corrected chi connectivity index (χ3v) is 2.74. The van der Waals surface area contributed by atoms with E-state index >= 15 is 0 Å². The van der Waals surface area contributed by atoms with Crippen LogP contribution in [-0.2, 0) is 16.1 Å². The van der Waals surface area contributed by atoms with E-state index in [9.17, 15) is 4.79 Å². The minimum Gasteiger partial charge on any atom is -0.493 e. The average Bonchev–Trinajstić information content (AvgIpc) is 2.41. The second-order valence-electron chi connectivity index (χ2n) is 4.03. The Balaban J connectivity index is 0.00000400. The molecule has 1 rings (SSSR count). The normalized spacial score (nSPS) is 9.86. The van der Waals surface area contributed by atoms with Crippen molar-refractivity contribution in [3.63, 3.8) is 0 Å². The number of carbonyl (C=O) groups excluding carboxylic acids is 1. The SMILES string of the molecule is COCCNCc1cc(Cl)c(OCC(N)=O)c(OC)c1.Cl. The molecule has 8 heteroatoms. The fourth-order valence-electron chi connectivity index (χ4n) is 1.57. The Hall–Kier alpha value is -1.21. The molecule has 6 nitrogen and oxygen atoms in total. The number of halogens is 2. The van der Waals surface area contributed by atoms with Gasteiger partial charge in [0.2, 0.25) is 0 Å². The number of methoxy groups -OCH3 is 2. The van der Waals surface area contributed by atoms with Crippen LogP contribution in [0.4, 0.5) is 0 Å². The summed E-state index contributed by atoms with van der Waals surface area (Å²) in [6.07, 6.45) is 0. The van der Waals surface area contributed by atoms with Crippen molar-refractivity contribution in [2.75, 3.05) is 34.0 Å². The highest BCUT2D eigenvalue weighted by atomic mass is 35.5. The molecule has 1 amide bonds. The first-order valence-electron chi connectivity index (χ1n) is 6.05. The Kier molecular flexibility index (Phi) is 9.90. The van der Waals surface area contributed by atoms with E-state index < -0.39 is 5.91 Å². The van der Waals surface area contributed by atoms with Gasteiger partial charge in [0.05, 0.1) is 18.7 Å². The van der Waals surface area contributed by atoms with Gasteiger partial charge >= 0.3 is 0 Å². The number of hydrogen-bond donors (Lipinski definition) is 2. The zero-order valence-corrected chi connectivity index (χ0v) is 13.6. The van der Waals surface area contributed by atoms with Crippen LogP contribution >= 0.6 is 24.0 Å². The fourth-order valence-corrected chi connectivity index (χ4v) is 1.85. The highest BCUT2D eigenvalue weighted by molar-refractivity contribution is 6.32. The third-order valence-electron chi connectivity index (χ3n) is 2.46. The van der Waals surface area contributed by atoms with Crippen molar-refractivity contribution in [1.82, 2.24) is 5.32 Å². The molecule has 120 valence electrons. The summed E-state index contributed by atoms with van der Waals surface area (Å²) in [5, 5.41) is 3.57. The summed E-state index contributed by atoms with van der Waals surface area (Å²) in [6.45, 7) is 1.73. The molecule has 0 aliphatic rings. The van der Waals surface area contributed by atoms with Crippen molar-refractivity contribution in [3.05, 3.63) is 22.7 Å². The number of hydrogen-bond acceptors (Lipinski definition) is 5. The summed E-state index contributed by atoms with van der Waals surface area (Å²) in [6, 6.07) is 3.54. The molecule has 0 unspecified atom stereocenters. The third kappa shape index (κ3) is 6.86. The molecule has 0 radical (unpaired) electrons. The van der Waals surface area contributed by atoms with Crippen LogP contribution in [0.25, 0.3) is 0 Å². The lowest BCUT2D eigenvalue weighted by Crippen LogP contribution is -2.20. The van der Waals surface area contributed by atoms with Crippen LogP contribution in [-0.4, -0.2) is 39.9 Å².